The van der Waals surface area contributed by atoms with E-state index in [9.17, 15) is 8.42 Å². The summed E-state index contributed by atoms with van der Waals surface area (Å²) >= 11 is 0. The second-order valence-corrected chi connectivity index (χ2v) is 5.78. The van der Waals surface area contributed by atoms with Gasteiger partial charge in [-0.3, -0.25) is 0 Å². The van der Waals surface area contributed by atoms with Gasteiger partial charge in [0.05, 0.1) is 30.4 Å². The van der Waals surface area contributed by atoms with Crippen molar-refractivity contribution in [3.05, 3.63) is 24.3 Å². The maximum atomic E-state index is 11.5. The highest BCUT2D eigenvalue weighted by Gasteiger charge is 2.11. The molecule has 0 aliphatic heterocycles. The molecule has 0 saturated heterocycles. The molecule has 0 saturated carbocycles. The molecule has 0 amide bonds. The second-order valence-electron chi connectivity index (χ2n) is 3.80. The van der Waals surface area contributed by atoms with Gasteiger partial charge < -0.3 is 14.8 Å². The number of hydrogen-bond donors (Lipinski definition) is 1. The Hall–Kier alpha value is -1.11. The molecule has 1 aromatic carbocycles. The van der Waals surface area contributed by atoms with Crippen molar-refractivity contribution in [2.24, 2.45) is 0 Å². The molecule has 0 fully saturated rings. The molecule has 0 aromatic heterocycles. The predicted molar refractivity (Wildman–Crippen MR) is 70.7 cm³/mol. The standard InChI is InChI=1S/C12H19NO4S/c1-16-9-10-17-8-7-13-11-5-3-4-6-12(11)18(2,14)15/h3-6,13H,7-10H2,1-2H3. The van der Waals surface area contributed by atoms with Crippen LogP contribution in [0, 0.1) is 0 Å². The summed E-state index contributed by atoms with van der Waals surface area (Å²) in [6, 6.07) is 6.83. The zero-order valence-corrected chi connectivity index (χ0v) is 11.5. The molecule has 1 aromatic rings. The zero-order valence-electron chi connectivity index (χ0n) is 10.7. The van der Waals surface area contributed by atoms with E-state index >= 15 is 0 Å². The van der Waals surface area contributed by atoms with Crippen LogP contribution in [-0.4, -0.2) is 48.1 Å². The van der Waals surface area contributed by atoms with Gasteiger partial charge in [-0.05, 0) is 12.1 Å². The van der Waals surface area contributed by atoms with Crippen molar-refractivity contribution in [2.75, 3.05) is 45.0 Å². The smallest absolute Gasteiger partial charge is 0.177 e. The highest BCUT2D eigenvalue weighted by atomic mass is 32.2. The van der Waals surface area contributed by atoms with Gasteiger partial charge in [-0.25, -0.2) is 8.42 Å². The Bertz CT molecular complexity index is 459. The third-order valence-corrected chi connectivity index (χ3v) is 3.44. The Labute approximate surface area is 108 Å². The molecule has 0 heterocycles. The number of methoxy groups -OCH3 is 1. The van der Waals surface area contributed by atoms with E-state index in [-0.39, 0.29) is 0 Å². The molecular formula is C12H19NO4S. The molecule has 102 valence electrons. The molecule has 0 spiro atoms. The van der Waals surface area contributed by atoms with Crippen LogP contribution >= 0.6 is 0 Å². The summed E-state index contributed by atoms with van der Waals surface area (Å²) in [4.78, 5) is 0.307. The van der Waals surface area contributed by atoms with Crippen LogP contribution in [0.25, 0.3) is 0 Å². The lowest BCUT2D eigenvalue weighted by Gasteiger charge is -2.10. The van der Waals surface area contributed by atoms with E-state index in [0.29, 0.717) is 36.9 Å². The van der Waals surface area contributed by atoms with Crippen LogP contribution in [0.3, 0.4) is 0 Å². The van der Waals surface area contributed by atoms with E-state index in [2.05, 4.69) is 5.32 Å². The first kappa shape index (κ1) is 14.9. The maximum Gasteiger partial charge on any atom is 0.177 e. The Morgan fingerprint density at radius 3 is 2.56 bits per heavy atom. The first-order chi connectivity index (χ1) is 8.55. The molecule has 0 radical (unpaired) electrons. The first-order valence-electron chi connectivity index (χ1n) is 5.65. The maximum absolute atomic E-state index is 11.5. The third-order valence-electron chi connectivity index (χ3n) is 2.28. The van der Waals surface area contributed by atoms with Crippen LogP contribution in [0.2, 0.25) is 0 Å². The fourth-order valence-corrected chi connectivity index (χ4v) is 2.30. The molecule has 0 bridgehead atoms. The quantitative estimate of drug-likeness (QED) is 0.720. The van der Waals surface area contributed by atoms with Gasteiger partial charge in [-0.1, -0.05) is 12.1 Å². The minimum atomic E-state index is -3.21. The minimum Gasteiger partial charge on any atom is -0.382 e. The summed E-state index contributed by atoms with van der Waals surface area (Å²) in [5.41, 5.74) is 0.607. The minimum absolute atomic E-state index is 0.307. The molecule has 1 rings (SSSR count). The lowest BCUT2D eigenvalue weighted by atomic mass is 10.3. The molecule has 0 aliphatic carbocycles. The molecule has 0 unspecified atom stereocenters. The van der Waals surface area contributed by atoms with Crippen molar-refractivity contribution in [2.45, 2.75) is 4.90 Å². The molecular weight excluding hydrogens is 254 g/mol. The van der Waals surface area contributed by atoms with Gasteiger partial charge in [0.25, 0.3) is 0 Å². The number of hydrogen-bond acceptors (Lipinski definition) is 5. The average Bonchev–Trinajstić information content (AvgIpc) is 2.33. The summed E-state index contributed by atoms with van der Waals surface area (Å²) in [7, 11) is -1.59. The molecule has 1 N–H and O–H groups in total. The van der Waals surface area contributed by atoms with Crippen molar-refractivity contribution < 1.29 is 17.9 Å². The fourth-order valence-electron chi connectivity index (χ4n) is 1.44. The van der Waals surface area contributed by atoms with Crippen LogP contribution in [0.5, 0.6) is 0 Å². The largest absolute Gasteiger partial charge is 0.382 e. The van der Waals surface area contributed by atoms with Crippen molar-refractivity contribution >= 4 is 15.5 Å². The van der Waals surface area contributed by atoms with E-state index in [1.54, 1.807) is 31.4 Å². The second kappa shape index (κ2) is 7.35. The zero-order chi connectivity index (χ0) is 13.4. The van der Waals surface area contributed by atoms with Crippen LogP contribution in [-0.2, 0) is 19.3 Å². The number of para-hydroxylation sites is 1. The first-order valence-corrected chi connectivity index (χ1v) is 7.54. The van der Waals surface area contributed by atoms with Crippen molar-refractivity contribution in [1.29, 1.82) is 0 Å². The van der Waals surface area contributed by atoms with Crippen molar-refractivity contribution in [1.82, 2.24) is 0 Å². The normalized spacial score (nSPS) is 11.4. The Kier molecular flexibility index (Phi) is 6.11. The van der Waals surface area contributed by atoms with Crippen LogP contribution < -0.4 is 5.32 Å². The van der Waals surface area contributed by atoms with Gasteiger partial charge in [0.15, 0.2) is 9.84 Å². The summed E-state index contributed by atoms with van der Waals surface area (Å²) in [6.45, 7) is 2.14. The highest BCUT2D eigenvalue weighted by molar-refractivity contribution is 7.90. The summed E-state index contributed by atoms with van der Waals surface area (Å²) in [5.74, 6) is 0. The number of nitrogens with one attached hydrogen (secondary N) is 1. The molecule has 18 heavy (non-hydrogen) atoms. The van der Waals surface area contributed by atoms with Gasteiger partial charge in [0.1, 0.15) is 0 Å². The van der Waals surface area contributed by atoms with Crippen LogP contribution in [0.15, 0.2) is 29.2 Å². The molecule has 6 heteroatoms. The molecule has 0 aliphatic rings. The van der Waals surface area contributed by atoms with Crippen molar-refractivity contribution in [3.63, 3.8) is 0 Å². The Morgan fingerprint density at radius 2 is 1.89 bits per heavy atom. The lowest BCUT2D eigenvalue weighted by Crippen LogP contribution is -2.13. The van der Waals surface area contributed by atoms with E-state index in [1.807, 2.05) is 0 Å². The number of benzene rings is 1. The number of anilines is 1. The van der Waals surface area contributed by atoms with Gasteiger partial charge in [0.2, 0.25) is 0 Å². The SMILES string of the molecule is COCCOCCNc1ccccc1S(C)(=O)=O. The summed E-state index contributed by atoms with van der Waals surface area (Å²) < 4.78 is 33.2. The summed E-state index contributed by atoms with van der Waals surface area (Å²) in [6.07, 6.45) is 1.20. The Morgan fingerprint density at radius 1 is 1.17 bits per heavy atom. The number of sulfone groups is 1. The van der Waals surface area contributed by atoms with E-state index in [4.69, 9.17) is 9.47 Å². The van der Waals surface area contributed by atoms with Gasteiger partial charge >= 0.3 is 0 Å². The lowest BCUT2D eigenvalue weighted by molar-refractivity contribution is 0.0759. The fraction of sp³-hybridized carbons (Fsp3) is 0.500. The predicted octanol–water partition coefficient (Wildman–Crippen LogP) is 1.17. The topological polar surface area (TPSA) is 64.6 Å². The van der Waals surface area contributed by atoms with Gasteiger partial charge in [0, 0.05) is 19.9 Å². The number of rotatable bonds is 8. The summed E-state index contributed by atoms with van der Waals surface area (Å²) in [5, 5.41) is 3.05. The van der Waals surface area contributed by atoms with Crippen LogP contribution in [0.4, 0.5) is 5.69 Å². The number of ether oxygens (including phenoxy) is 2. The third kappa shape index (κ3) is 5.03. The molecule has 0 atom stereocenters. The molecule has 5 nitrogen and oxygen atoms in total. The van der Waals surface area contributed by atoms with Crippen molar-refractivity contribution in [3.8, 4) is 0 Å². The van der Waals surface area contributed by atoms with E-state index in [0.717, 1.165) is 0 Å². The highest BCUT2D eigenvalue weighted by Crippen LogP contribution is 2.19. The average molecular weight is 273 g/mol. The van der Waals surface area contributed by atoms with Gasteiger partial charge in [-0.2, -0.15) is 0 Å². The van der Waals surface area contributed by atoms with Crippen LogP contribution in [0.1, 0.15) is 0 Å². The monoisotopic (exact) mass is 273 g/mol. The Balaban J connectivity index is 2.48. The van der Waals surface area contributed by atoms with E-state index in [1.165, 1.54) is 6.26 Å². The van der Waals surface area contributed by atoms with E-state index < -0.39 is 9.84 Å². The van der Waals surface area contributed by atoms with Gasteiger partial charge in [-0.15, -0.1) is 0 Å².